The van der Waals surface area contributed by atoms with E-state index in [1.165, 1.54) is 24.3 Å². The lowest BCUT2D eigenvalue weighted by Crippen LogP contribution is -2.27. The van der Waals surface area contributed by atoms with Crippen LogP contribution in [0.3, 0.4) is 0 Å². The zero-order chi connectivity index (χ0) is 19.0. The summed E-state index contributed by atoms with van der Waals surface area (Å²) in [6.07, 6.45) is 1.27. The second kappa shape index (κ2) is 7.25. The highest BCUT2D eigenvalue weighted by Crippen LogP contribution is 2.38. The van der Waals surface area contributed by atoms with Gasteiger partial charge in [-0.3, -0.25) is 19.7 Å². The number of halogens is 2. The average Bonchev–Trinajstić information content (AvgIpc) is 2.86. The number of thioether (sulfide) groups is 1. The molecule has 2 aromatic carbocycles. The Labute approximate surface area is 169 Å². The molecule has 0 saturated carbocycles. The lowest BCUT2D eigenvalue weighted by Gasteiger charge is -2.12. The number of carbonyl (C=O) groups is 2. The summed E-state index contributed by atoms with van der Waals surface area (Å²) in [6, 6.07) is 8.54. The number of non-ortho nitro benzene ring substituents is 1. The molecular formula is C16H8ClIN2O5S. The third kappa shape index (κ3) is 3.55. The molecular weight excluding hydrogens is 495 g/mol. The van der Waals surface area contributed by atoms with E-state index in [0.717, 1.165) is 11.0 Å². The fourth-order valence-electron chi connectivity index (χ4n) is 2.24. The van der Waals surface area contributed by atoms with E-state index in [1.54, 1.807) is 34.7 Å². The quantitative estimate of drug-likeness (QED) is 0.280. The van der Waals surface area contributed by atoms with Gasteiger partial charge in [0.05, 0.1) is 19.1 Å². The highest BCUT2D eigenvalue weighted by atomic mass is 127. The Bertz CT molecular complexity index is 977. The van der Waals surface area contributed by atoms with E-state index < -0.39 is 16.1 Å². The number of hydrogen-bond acceptors (Lipinski definition) is 6. The number of rotatable bonds is 3. The standard InChI is InChI=1S/C16H8ClIN2O5S/c17-9-1-3-10(4-2-9)19-15(22)13(26-16(19)23)6-8-5-11(20(24)25)7-12(18)14(8)21/h1-7,21H/b13-6+. The van der Waals surface area contributed by atoms with Crippen LogP contribution in [-0.4, -0.2) is 21.2 Å². The Kier molecular flexibility index (Phi) is 5.21. The number of imide groups is 1. The predicted molar refractivity (Wildman–Crippen MR) is 107 cm³/mol. The summed E-state index contributed by atoms with van der Waals surface area (Å²) in [5.74, 6) is -0.780. The van der Waals surface area contributed by atoms with E-state index in [1.807, 2.05) is 0 Å². The van der Waals surface area contributed by atoms with Crippen molar-refractivity contribution in [3.05, 3.63) is 65.6 Å². The minimum absolute atomic E-state index is 0.0524. The molecule has 1 heterocycles. The van der Waals surface area contributed by atoms with Gasteiger partial charge in [0.15, 0.2) is 0 Å². The van der Waals surface area contributed by atoms with Crippen molar-refractivity contribution in [1.82, 2.24) is 0 Å². The summed E-state index contributed by atoms with van der Waals surface area (Å²) in [5, 5.41) is 21.1. The molecule has 0 unspecified atom stereocenters. The molecule has 10 heteroatoms. The van der Waals surface area contributed by atoms with E-state index in [0.29, 0.717) is 22.5 Å². The van der Waals surface area contributed by atoms with Gasteiger partial charge in [-0.15, -0.1) is 0 Å². The van der Waals surface area contributed by atoms with E-state index in [4.69, 9.17) is 11.6 Å². The van der Waals surface area contributed by atoms with Gasteiger partial charge in [0.25, 0.3) is 16.8 Å². The number of aromatic hydroxyl groups is 1. The maximum Gasteiger partial charge on any atom is 0.298 e. The van der Waals surface area contributed by atoms with E-state index in [2.05, 4.69) is 0 Å². The second-order valence-corrected chi connectivity index (χ2v) is 7.71. The molecule has 0 bridgehead atoms. The van der Waals surface area contributed by atoms with E-state index in [9.17, 15) is 24.8 Å². The minimum Gasteiger partial charge on any atom is -0.506 e. The molecule has 2 aromatic rings. The largest absolute Gasteiger partial charge is 0.506 e. The van der Waals surface area contributed by atoms with Gasteiger partial charge in [-0.05, 0) is 64.7 Å². The van der Waals surface area contributed by atoms with Crippen LogP contribution < -0.4 is 4.90 Å². The summed E-state index contributed by atoms with van der Waals surface area (Å²) in [4.78, 5) is 36.2. The number of nitro benzene ring substituents is 1. The van der Waals surface area contributed by atoms with Crippen LogP contribution >= 0.6 is 46.0 Å². The maximum absolute atomic E-state index is 12.6. The Morgan fingerprint density at radius 1 is 1.23 bits per heavy atom. The molecule has 0 spiro atoms. The number of carbonyl (C=O) groups excluding carboxylic acids is 2. The number of anilines is 1. The van der Waals surface area contributed by atoms with Crippen molar-refractivity contribution in [3.8, 4) is 5.75 Å². The number of phenolic OH excluding ortho intramolecular Hbond substituents is 1. The van der Waals surface area contributed by atoms with Gasteiger partial charge in [0.2, 0.25) is 0 Å². The number of nitro groups is 1. The van der Waals surface area contributed by atoms with Crippen LogP contribution in [-0.2, 0) is 4.79 Å². The van der Waals surface area contributed by atoms with Gasteiger partial charge in [-0.25, -0.2) is 4.90 Å². The lowest BCUT2D eigenvalue weighted by molar-refractivity contribution is -0.385. The first-order chi connectivity index (χ1) is 12.3. The zero-order valence-corrected chi connectivity index (χ0v) is 16.4. The fourth-order valence-corrected chi connectivity index (χ4v) is 3.83. The summed E-state index contributed by atoms with van der Waals surface area (Å²) < 4.78 is 0.264. The molecule has 1 N–H and O–H groups in total. The molecule has 0 atom stereocenters. The number of nitrogens with zero attached hydrogens (tertiary/aromatic N) is 2. The minimum atomic E-state index is -0.599. The van der Waals surface area contributed by atoms with Crippen LogP contribution in [0.15, 0.2) is 41.3 Å². The monoisotopic (exact) mass is 502 g/mol. The summed E-state index contributed by atoms with van der Waals surface area (Å²) in [5.41, 5.74) is 0.221. The molecule has 1 aliphatic rings. The molecule has 3 rings (SSSR count). The van der Waals surface area contributed by atoms with Crippen LogP contribution in [0.25, 0.3) is 6.08 Å². The molecule has 1 aliphatic heterocycles. The molecule has 0 aliphatic carbocycles. The van der Waals surface area contributed by atoms with E-state index in [-0.39, 0.29) is 25.5 Å². The average molecular weight is 503 g/mol. The topological polar surface area (TPSA) is 101 Å². The molecule has 7 nitrogen and oxygen atoms in total. The first-order valence-electron chi connectivity index (χ1n) is 6.98. The Morgan fingerprint density at radius 2 is 1.88 bits per heavy atom. The number of phenols is 1. The lowest BCUT2D eigenvalue weighted by atomic mass is 10.1. The molecule has 2 amide bonds. The summed E-state index contributed by atoms with van der Waals surface area (Å²) >= 11 is 8.25. The van der Waals surface area contributed by atoms with Gasteiger partial charge in [-0.2, -0.15) is 0 Å². The first kappa shape index (κ1) is 18.7. The van der Waals surface area contributed by atoms with Gasteiger partial charge in [0, 0.05) is 22.7 Å². The maximum atomic E-state index is 12.6. The smallest absolute Gasteiger partial charge is 0.298 e. The van der Waals surface area contributed by atoms with Crippen molar-refractivity contribution in [3.63, 3.8) is 0 Å². The first-order valence-corrected chi connectivity index (χ1v) is 9.25. The molecule has 132 valence electrons. The van der Waals surface area contributed by atoms with Crippen molar-refractivity contribution >= 4 is 74.6 Å². The number of amides is 2. The highest BCUT2D eigenvalue weighted by Gasteiger charge is 2.36. The third-order valence-electron chi connectivity index (χ3n) is 3.45. The fraction of sp³-hybridized carbons (Fsp3) is 0. The Morgan fingerprint density at radius 3 is 2.50 bits per heavy atom. The van der Waals surface area contributed by atoms with Crippen molar-refractivity contribution < 1.29 is 19.6 Å². The van der Waals surface area contributed by atoms with Crippen LogP contribution in [0.4, 0.5) is 16.2 Å². The van der Waals surface area contributed by atoms with Gasteiger partial charge < -0.3 is 5.11 Å². The van der Waals surface area contributed by atoms with Crippen molar-refractivity contribution in [2.45, 2.75) is 0 Å². The molecule has 1 saturated heterocycles. The van der Waals surface area contributed by atoms with Gasteiger partial charge in [-0.1, -0.05) is 11.6 Å². The SMILES string of the molecule is O=C1S/C(=C/c2cc([N+](=O)[O-])cc(I)c2O)C(=O)N1c1ccc(Cl)cc1. The van der Waals surface area contributed by atoms with Crippen molar-refractivity contribution in [2.75, 3.05) is 4.90 Å². The van der Waals surface area contributed by atoms with E-state index >= 15 is 0 Å². The zero-order valence-electron chi connectivity index (χ0n) is 12.7. The van der Waals surface area contributed by atoms with Crippen LogP contribution in [0.1, 0.15) is 5.56 Å². The molecule has 26 heavy (non-hydrogen) atoms. The second-order valence-electron chi connectivity index (χ2n) is 5.12. The summed E-state index contributed by atoms with van der Waals surface area (Å²) in [6.45, 7) is 0. The highest BCUT2D eigenvalue weighted by molar-refractivity contribution is 14.1. The molecule has 0 aromatic heterocycles. The van der Waals surface area contributed by atoms with Gasteiger partial charge >= 0.3 is 0 Å². The Hall–Kier alpha value is -2.11. The Balaban J connectivity index is 2.01. The van der Waals surface area contributed by atoms with Crippen LogP contribution in [0.5, 0.6) is 5.75 Å². The predicted octanol–water partition coefficient (Wildman–Crippen LogP) is 4.80. The summed E-state index contributed by atoms with van der Waals surface area (Å²) in [7, 11) is 0. The third-order valence-corrected chi connectivity index (χ3v) is 5.40. The molecule has 0 radical (unpaired) electrons. The van der Waals surface area contributed by atoms with Gasteiger partial charge in [0.1, 0.15) is 5.75 Å². The number of hydrogen-bond donors (Lipinski definition) is 1. The normalized spacial score (nSPS) is 15.8. The van der Waals surface area contributed by atoms with Crippen LogP contribution in [0.2, 0.25) is 5.02 Å². The van der Waals surface area contributed by atoms with Crippen molar-refractivity contribution in [2.24, 2.45) is 0 Å². The van der Waals surface area contributed by atoms with Crippen molar-refractivity contribution in [1.29, 1.82) is 0 Å². The molecule has 1 fully saturated rings. The van der Waals surface area contributed by atoms with Crippen LogP contribution in [0, 0.1) is 13.7 Å². The number of benzene rings is 2.